The number of sulfonamides is 1. The van der Waals surface area contributed by atoms with Gasteiger partial charge in [-0.3, -0.25) is 4.79 Å². The van der Waals surface area contributed by atoms with Crippen LogP contribution < -0.4 is 5.32 Å². The molecule has 0 unspecified atom stereocenters. The van der Waals surface area contributed by atoms with Crippen LogP contribution in [0.25, 0.3) is 0 Å². The van der Waals surface area contributed by atoms with E-state index in [9.17, 15) is 13.2 Å². The Balaban J connectivity index is 2.20. The van der Waals surface area contributed by atoms with E-state index in [4.69, 9.17) is 11.6 Å². The summed E-state index contributed by atoms with van der Waals surface area (Å²) < 4.78 is 25.6. The topological polar surface area (TPSA) is 66.5 Å². The minimum absolute atomic E-state index is 0.0388. The van der Waals surface area contributed by atoms with Crippen molar-refractivity contribution in [2.75, 3.05) is 19.4 Å². The molecule has 0 aromatic heterocycles. The molecule has 2 aromatic rings. The van der Waals surface area contributed by atoms with Gasteiger partial charge in [0.25, 0.3) is 0 Å². The van der Waals surface area contributed by atoms with E-state index in [1.54, 1.807) is 6.07 Å². The summed E-state index contributed by atoms with van der Waals surface area (Å²) in [6.07, 6.45) is 0.208. The van der Waals surface area contributed by atoms with E-state index >= 15 is 0 Å². The Kier molecular flexibility index (Phi) is 5.87. The predicted octanol–water partition coefficient (Wildman–Crippen LogP) is 3.39. The number of hydrogen-bond donors (Lipinski definition) is 1. The summed E-state index contributed by atoms with van der Waals surface area (Å²) in [6.45, 7) is 4.01. The lowest BCUT2D eigenvalue weighted by Crippen LogP contribution is -2.23. The molecule has 0 atom stereocenters. The third-order valence-electron chi connectivity index (χ3n) is 3.91. The molecule has 0 aliphatic rings. The van der Waals surface area contributed by atoms with Crippen LogP contribution in [0.15, 0.2) is 41.3 Å². The number of nitrogens with zero attached hydrogens (tertiary/aromatic N) is 1. The average Bonchev–Trinajstić information content (AvgIpc) is 2.52. The monoisotopic (exact) mass is 380 g/mol. The lowest BCUT2D eigenvalue weighted by Gasteiger charge is -2.14. The zero-order chi connectivity index (χ0) is 18.8. The minimum Gasteiger partial charge on any atom is -0.326 e. The van der Waals surface area contributed by atoms with Gasteiger partial charge >= 0.3 is 0 Å². The molecular weight excluding hydrogens is 360 g/mol. The highest BCUT2D eigenvalue weighted by molar-refractivity contribution is 7.89. The third-order valence-corrected chi connectivity index (χ3v) is 6.21. The predicted molar refractivity (Wildman–Crippen MR) is 101 cm³/mol. The maximum Gasteiger partial charge on any atom is 0.244 e. The highest BCUT2D eigenvalue weighted by Gasteiger charge is 2.21. The number of hydrogen-bond acceptors (Lipinski definition) is 3. The lowest BCUT2D eigenvalue weighted by molar-refractivity contribution is -0.115. The first-order valence-electron chi connectivity index (χ1n) is 7.69. The van der Waals surface area contributed by atoms with Gasteiger partial charge in [0.1, 0.15) is 4.90 Å². The molecule has 0 fully saturated rings. The first-order valence-corrected chi connectivity index (χ1v) is 9.51. The van der Waals surface area contributed by atoms with E-state index in [1.165, 1.54) is 31.8 Å². The van der Waals surface area contributed by atoms with E-state index in [0.717, 1.165) is 15.4 Å². The summed E-state index contributed by atoms with van der Waals surface area (Å²) in [5, 5.41) is 2.83. The number of carbonyl (C=O) groups excluding carboxylic acids is 1. The zero-order valence-corrected chi connectivity index (χ0v) is 16.2. The van der Waals surface area contributed by atoms with Crippen LogP contribution in [-0.4, -0.2) is 32.7 Å². The highest BCUT2D eigenvalue weighted by Crippen LogP contribution is 2.27. The minimum atomic E-state index is -3.69. The van der Waals surface area contributed by atoms with Crippen LogP contribution in [0.4, 0.5) is 5.69 Å². The fraction of sp³-hybridized carbons (Fsp3) is 0.278. The first-order chi connectivity index (χ1) is 11.6. The van der Waals surface area contributed by atoms with Crippen molar-refractivity contribution in [3.63, 3.8) is 0 Å². The van der Waals surface area contributed by atoms with E-state index < -0.39 is 10.0 Å². The number of nitrogens with one attached hydrogen (secondary N) is 1. The van der Waals surface area contributed by atoms with E-state index in [2.05, 4.69) is 5.32 Å². The first kappa shape index (κ1) is 19.4. The van der Waals surface area contributed by atoms with Gasteiger partial charge in [-0.2, -0.15) is 0 Å². The molecule has 1 N–H and O–H groups in total. The number of rotatable bonds is 5. The third kappa shape index (κ3) is 4.60. The maximum atomic E-state index is 12.3. The molecular formula is C18H21ClN2O3S. The SMILES string of the molecule is Cc1ccc(CC(=O)Nc2ccc(Cl)c(S(=O)(=O)N(C)C)c2)cc1C. The Morgan fingerprint density at radius 2 is 1.76 bits per heavy atom. The van der Waals surface area contributed by atoms with Gasteiger partial charge in [-0.1, -0.05) is 29.8 Å². The van der Waals surface area contributed by atoms with Crippen molar-refractivity contribution in [3.8, 4) is 0 Å². The standard InChI is InChI=1S/C18H21ClN2O3S/c1-12-5-6-14(9-13(12)2)10-18(22)20-15-7-8-16(19)17(11-15)25(23,24)21(3)4/h5-9,11H,10H2,1-4H3,(H,20,22). The van der Waals surface area contributed by atoms with Crippen molar-refractivity contribution in [2.45, 2.75) is 25.2 Å². The van der Waals surface area contributed by atoms with Gasteiger partial charge in [0.15, 0.2) is 0 Å². The Bertz CT molecular complexity index is 909. The van der Waals surface area contributed by atoms with Crippen LogP contribution in [0.5, 0.6) is 0 Å². The van der Waals surface area contributed by atoms with Crippen LogP contribution >= 0.6 is 11.6 Å². The second-order valence-electron chi connectivity index (χ2n) is 6.08. The number of carbonyl (C=O) groups is 1. The van der Waals surface area contributed by atoms with Gasteiger partial charge < -0.3 is 5.32 Å². The Labute approximate surface area is 153 Å². The summed E-state index contributed by atoms with van der Waals surface area (Å²) in [6, 6.07) is 10.3. The van der Waals surface area contributed by atoms with Crippen LogP contribution in [-0.2, 0) is 21.2 Å². The molecule has 5 nitrogen and oxygen atoms in total. The highest BCUT2D eigenvalue weighted by atomic mass is 35.5. The number of benzene rings is 2. The molecule has 0 spiro atoms. The van der Waals surface area contributed by atoms with E-state index in [-0.39, 0.29) is 22.2 Å². The molecule has 2 rings (SSSR count). The van der Waals surface area contributed by atoms with Gasteiger partial charge in [-0.15, -0.1) is 0 Å². The fourth-order valence-electron chi connectivity index (χ4n) is 2.28. The van der Waals surface area contributed by atoms with Crippen molar-refractivity contribution in [1.82, 2.24) is 4.31 Å². The molecule has 7 heteroatoms. The Morgan fingerprint density at radius 1 is 1.08 bits per heavy atom. The van der Waals surface area contributed by atoms with Gasteiger partial charge in [0.05, 0.1) is 11.4 Å². The Morgan fingerprint density at radius 3 is 2.36 bits per heavy atom. The smallest absolute Gasteiger partial charge is 0.244 e. The van der Waals surface area contributed by atoms with Crippen LogP contribution in [0.2, 0.25) is 5.02 Å². The molecule has 0 radical (unpaired) electrons. The summed E-state index contributed by atoms with van der Waals surface area (Å²) in [5.41, 5.74) is 3.57. The van der Waals surface area contributed by atoms with Gasteiger partial charge in [-0.05, 0) is 48.7 Å². The van der Waals surface area contributed by atoms with Crippen LogP contribution in [0, 0.1) is 13.8 Å². The second-order valence-corrected chi connectivity index (χ2v) is 8.60. The molecule has 0 saturated heterocycles. The summed E-state index contributed by atoms with van der Waals surface area (Å²) in [4.78, 5) is 12.2. The molecule has 0 aliphatic carbocycles. The number of halogens is 1. The molecule has 0 aliphatic heterocycles. The van der Waals surface area contributed by atoms with Crippen molar-refractivity contribution >= 4 is 33.2 Å². The Hall–Kier alpha value is -1.89. The van der Waals surface area contributed by atoms with Gasteiger partial charge in [0.2, 0.25) is 15.9 Å². The van der Waals surface area contributed by atoms with Crippen LogP contribution in [0.3, 0.4) is 0 Å². The van der Waals surface area contributed by atoms with Crippen molar-refractivity contribution < 1.29 is 13.2 Å². The van der Waals surface area contributed by atoms with Crippen molar-refractivity contribution in [1.29, 1.82) is 0 Å². The summed E-state index contributed by atoms with van der Waals surface area (Å²) in [5.74, 6) is -0.223. The summed E-state index contributed by atoms with van der Waals surface area (Å²) >= 11 is 6.00. The number of amides is 1. The molecule has 0 bridgehead atoms. The molecule has 25 heavy (non-hydrogen) atoms. The van der Waals surface area contributed by atoms with Crippen molar-refractivity contribution in [2.24, 2.45) is 0 Å². The molecule has 134 valence electrons. The van der Waals surface area contributed by atoms with Crippen LogP contribution in [0.1, 0.15) is 16.7 Å². The van der Waals surface area contributed by atoms with Gasteiger partial charge in [-0.25, -0.2) is 12.7 Å². The van der Waals surface area contributed by atoms with Crippen molar-refractivity contribution in [3.05, 3.63) is 58.1 Å². The average molecular weight is 381 g/mol. The maximum absolute atomic E-state index is 12.3. The largest absolute Gasteiger partial charge is 0.326 e. The molecule has 1 amide bonds. The second kappa shape index (κ2) is 7.56. The molecule has 0 heterocycles. The van der Waals surface area contributed by atoms with E-state index in [1.807, 2.05) is 32.0 Å². The molecule has 0 saturated carbocycles. The fourth-order valence-corrected chi connectivity index (χ4v) is 3.67. The number of aryl methyl sites for hydroxylation is 2. The van der Waals surface area contributed by atoms with E-state index in [0.29, 0.717) is 5.69 Å². The quantitative estimate of drug-likeness (QED) is 0.864. The lowest BCUT2D eigenvalue weighted by atomic mass is 10.0. The normalized spacial score (nSPS) is 11.6. The zero-order valence-electron chi connectivity index (χ0n) is 14.6. The molecule has 2 aromatic carbocycles. The number of anilines is 1. The van der Waals surface area contributed by atoms with Gasteiger partial charge in [0, 0.05) is 19.8 Å². The summed E-state index contributed by atoms with van der Waals surface area (Å²) in [7, 11) is -0.831.